The minimum absolute atomic E-state index is 0.326. The summed E-state index contributed by atoms with van der Waals surface area (Å²) in [6, 6.07) is 7.35. The monoisotopic (exact) mass is 336 g/mol. The third-order valence-electron chi connectivity index (χ3n) is 2.78. The van der Waals surface area contributed by atoms with E-state index in [0.717, 1.165) is 11.4 Å². The van der Waals surface area contributed by atoms with Crippen LogP contribution in [0.2, 0.25) is 0 Å². The molecule has 0 aliphatic carbocycles. The number of hydrogen-bond donors (Lipinski definition) is 0. The molecule has 1 aromatic carbocycles. The lowest BCUT2D eigenvalue weighted by Gasteiger charge is -2.26. The molecule has 0 saturated heterocycles. The quantitative estimate of drug-likeness (QED) is 0.557. The van der Waals surface area contributed by atoms with Gasteiger partial charge in [-0.15, -0.1) is 0 Å². The molecule has 126 valence electrons. The van der Waals surface area contributed by atoms with Crippen LogP contribution >= 0.6 is 12.2 Å². The maximum absolute atomic E-state index is 12.0. The largest absolute Gasteiger partial charge is 0.492 e. The molecule has 0 aliphatic heterocycles. The van der Waals surface area contributed by atoms with Crippen molar-refractivity contribution in [1.29, 1.82) is 0 Å². The van der Waals surface area contributed by atoms with Crippen molar-refractivity contribution >= 4 is 35.6 Å². The van der Waals surface area contributed by atoms with Crippen LogP contribution in [0.25, 0.3) is 0 Å². The smallest absolute Gasteiger partial charge is 0.410 e. The van der Waals surface area contributed by atoms with E-state index in [1.807, 2.05) is 52.0 Å². The Kier molecular flexibility index (Phi) is 7.68. The van der Waals surface area contributed by atoms with Crippen molar-refractivity contribution in [3.63, 3.8) is 0 Å². The number of amides is 1. The number of benzene rings is 1. The van der Waals surface area contributed by atoms with Crippen LogP contribution in [0.4, 0.5) is 10.5 Å². The summed E-state index contributed by atoms with van der Waals surface area (Å²) in [5, 5.41) is 1.46. The molecular formula is C17H24N2O3S. The first-order valence-corrected chi connectivity index (χ1v) is 8.01. The van der Waals surface area contributed by atoms with Crippen LogP contribution < -0.4 is 4.74 Å². The fraction of sp³-hybridized carbons (Fsp3) is 0.471. The lowest BCUT2D eigenvalue weighted by Crippen LogP contribution is -2.38. The molecule has 1 aromatic rings. The fourth-order valence-corrected chi connectivity index (χ4v) is 1.78. The van der Waals surface area contributed by atoms with Gasteiger partial charge in [0.05, 0.1) is 12.2 Å². The Hall–Kier alpha value is -1.95. The summed E-state index contributed by atoms with van der Waals surface area (Å²) in [7, 11) is 0. The molecule has 0 bridgehead atoms. The van der Waals surface area contributed by atoms with Crippen LogP contribution in [-0.2, 0) is 4.74 Å². The van der Waals surface area contributed by atoms with E-state index in [4.69, 9.17) is 9.47 Å². The average molecular weight is 336 g/mol. The number of thiocarbonyl (C=S) groups is 1. The number of hydrogen-bond acceptors (Lipinski definition) is 5. The zero-order valence-electron chi connectivity index (χ0n) is 14.1. The predicted octanol–water partition coefficient (Wildman–Crippen LogP) is 4.02. The van der Waals surface area contributed by atoms with E-state index in [2.05, 4.69) is 17.2 Å². The molecule has 5 nitrogen and oxygen atoms in total. The molecule has 0 atom stereocenters. The predicted molar refractivity (Wildman–Crippen MR) is 97.2 cm³/mol. The Labute approximate surface area is 143 Å². The summed E-state index contributed by atoms with van der Waals surface area (Å²) in [6.45, 7) is 8.90. The summed E-state index contributed by atoms with van der Waals surface area (Å²) < 4.78 is 11.0. The van der Waals surface area contributed by atoms with Crippen molar-refractivity contribution in [3.8, 4) is 5.75 Å². The molecule has 0 N–H and O–H groups in total. The van der Waals surface area contributed by atoms with E-state index in [9.17, 15) is 4.79 Å². The molecule has 6 heteroatoms. The second-order valence-electron chi connectivity index (χ2n) is 5.82. The Morgan fingerprint density at radius 3 is 2.48 bits per heavy atom. The zero-order chi connectivity index (χ0) is 17.3. The summed E-state index contributed by atoms with van der Waals surface area (Å²) >= 11 is 4.68. The van der Waals surface area contributed by atoms with Gasteiger partial charge in [0.2, 0.25) is 0 Å². The topological polar surface area (TPSA) is 51.1 Å². The third-order valence-corrected chi connectivity index (χ3v) is 2.91. The maximum Gasteiger partial charge on any atom is 0.410 e. The minimum Gasteiger partial charge on any atom is -0.492 e. The summed E-state index contributed by atoms with van der Waals surface area (Å²) in [5.74, 6) is 0.728. The first-order valence-electron chi connectivity index (χ1n) is 7.54. The van der Waals surface area contributed by atoms with Crippen molar-refractivity contribution in [2.75, 3.05) is 19.7 Å². The van der Waals surface area contributed by atoms with Gasteiger partial charge in [-0.3, -0.25) is 4.99 Å². The van der Waals surface area contributed by atoms with Gasteiger partial charge in [0.25, 0.3) is 0 Å². The number of nitrogens with zero attached hydrogens (tertiary/aromatic N) is 2. The Bertz CT molecular complexity index is 536. The molecule has 1 rings (SSSR count). The van der Waals surface area contributed by atoms with Crippen molar-refractivity contribution in [2.45, 2.75) is 33.3 Å². The SMILES string of the molecule is CCN(CCOc1ccc(N=CC=S)cc1)C(=O)OC(C)(C)C. The highest BCUT2D eigenvalue weighted by Gasteiger charge is 2.20. The van der Waals surface area contributed by atoms with Crippen LogP contribution in [0.1, 0.15) is 27.7 Å². The molecule has 0 aliphatic rings. The first-order chi connectivity index (χ1) is 10.9. The van der Waals surface area contributed by atoms with E-state index >= 15 is 0 Å². The van der Waals surface area contributed by atoms with Crippen LogP contribution in [0.15, 0.2) is 29.3 Å². The second-order valence-corrected chi connectivity index (χ2v) is 6.09. The van der Waals surface area contributed by atoms with Crippen molar-refractivity contribution in [2.24, 2.45) is 4.99 Å². The van der Waals surface area contributed by atoms with E-state index in [1.54, 1.807) is 11.1 Å². The number of rotatable bonds is 7. The molecule has 23 heavy (non-hydrogen) atoms. The number of carbonyl (C=O) groups is 1. The summed E-state index contributed by atoms with van der Waals surface area (Å²) in [5.41, 5.74) is 0.312. The fourth-order valence-electron chi connectivity index (χ4n) is 1.72. The van der Waals surface area contributed by atoms with Crippen LogP contribution in [0.3, 0.4) is 0 Å². The zero-order valence-corrected chi connectivity index (χ0v) is 14.9. The van der Waals surface area contributed by atoms with Gasteiger partial charge in [-0.25, -0.2) is 4.79 Å². The number of carbonyl (C=O) groups excluding carboxylic acids is 1. The highest BCUT2D eigenvalue weighted by molar-refractivity contribution is 7.80. The first kappa shape index (κ1) is 19.1. The molecule has 0 spiro atoms. The molecular weight excluding hydrogens is 312 g/mol. The average Bonchev–Trinajstić information content (AvgIpc) is 2.49. The number of likely N-dealkylation sites (N-methyl/N-ethyl adjacent to an activating group) is 1. The molecule has 0 unspecified atom stereocenters. The van der Waals surface area contributed by atoms with Crippen molar-refractivity contribution in [3.05, 3.63) is 24.3 Å². The van der Waals surface area contributed by atoms with Crippen LogP contribution in [0.5, 0.6) is 5.75 Å². The van der Waals surface area contributed by atoms with Crippen LogP contribution in [0, 0.1) is 0 Å². The lowest BCUT2D eigenvalue weighted by molar-refractivity contribution is 0.0237. The van der Waals surface area contributed by atoms with Crippen molar-refractivity contribution < 1.29 is 14.3 Å². The van der Waals surface area contributed by atoms with E-state index in [1.165, 1.54) is 5.37 Å². The van der Waals surface area contributed by atoms with Crippen LogP contribution in [-0.4, -0.2) is 47.9 Å². The van der Waals surface area contributed by atoms with Gasteiger partial charge in [-0.2, -0.15) is 0 Å². The highest BCUT2D eigenvalue weighted by Crippen LogP contribution is 2.17. The van der Waals surface area contributed by atoms with Gasteiger partial charge in [-0.05, 0) is 52.0 Å². The van der Waals surface area contributed by atoms with Crippen molar-refractivity contribution in [1.82, 2.24) is 4.90 Å². The number of ether oxygens (including phenoxy) is 2. The highest BCUT2D eigenvalue weighted by atomic mass is 32.1. The lowest BCUT2D eigenvalue weighted by atomic mass is 10.2. The minimum atomic E-state index is -0.496. The Morgan fingerprint density at radius 2 is 1.96 bits per heavy atom. The Balaban J connectivity index is 2.46. The van der Waals surface area contributed by atoms with E-state index in [0.29, 0.717) is 19.7 Å². The summed E-state index contributed by atoms with van der Waals surface area (Å²) in [6.07, 6.45) is 1.24. The van der Waals surface area contributed by atoms with E-state index in [-0.39, 0.29) is 6.09 Å². The molecule has 0 saturated carbocycles. The molecule has 0 radical (unpaired) electrons. The normalized spacial score (nSPS) is 11.3. The van der Waals surface area contributed by atoms with Gasteiger partial charge in [-0.1, -0.05) is 12.2 Å². The standard InChI is InChI=1S/C17H24N2O3S/c1-5-19(16(20)22-17(2,3)4)11-12-21-15-8-6-14(7-9-15)18-10-13-23/h6-10,13H,5,11-12H2,1-4H3. The molecule has 1 amide bonds. The molecule has 0 heterocycles. The van der Waals surface area contributed by atoms with Gasteiger partial charge < -0.3 is 14.4 Å². The van der Waals surface area contributed by atoms with Gasteiger partial charge in [0.1, 0.15) is 18.0 Å². The maximum atomic E-state index is 12.0. The summed E-state index contributed by atoms with van der Waals surface area (Å²) in [4.78, 5) is 17.7. The van der Waals surface area contributed by atoms with Gasteiger partial charge in [0, 0.05) is 18.1 Å². The third kappa shape index (κ3) is 7.74. The second kappa shape index (κ2) is 9.25. The molecule has 0 aromatic heterocycles. The molecule has 0 fully saturated rings. The van der Waals surface area contributed by atoms with Gasteiger partial charge in [0.15, 0.2) is 0 Å². The van der Waals surface area contributed by atoms with Gasteiger partial charge >= 0.3 is 6.09 Å². The van der Waals surface area contributed by atoms with E-state index < -0.39 is 5.60 Å². The number of aliphatic imine (C=N–C) groups is 1. The Morgan fingerprint density at radius 1 is 1.30 bits per heavy atom.